The Morgan fingerprint density at radius 2 is 2.16 bits per heavy atom. The second-order valence-electron chi connectivity index (χ2n) is 4.82. The lowest BCUT2D eigenvalue weighted by atomic mass is 10.3. The Kier molecular flexibility index (Phi) is 3.66. The molecule has 5 nitrogen and oxygen atoms in total. The third-order valence-corrected chi connectivity index (χ3v) is 3.46. The summed E-state index contributed by atoms with van der Waals surface area (Å²) in [5.41, 5.74) is 2.31. The Bertz CT molecular complexity index is 547. The Labute approximate surface area is 112 Å². The molecular formula is C14H19N3O2. The smallest absolute Gasteiger partial charge is 0.137 e. The highest BCUT2D eigenvalue weighted by atomic mass is 16.5. The minimum absolute atomic E-state index is 0.700. The molecule has 0 aromatic carbocycles. The highest BCUT2D eigenvalue weighted by Crippen LogP contribution is 2.15. The number of hydrogen-bond acceptors (Lipinski definition) is 4. The Morgan fingerprint density at radius 3 is 3.00 bits per heavy atom. The standard InChI is InChI=1S/C14H19N3O2/c1-12-10-15-17-11-13(2-3-14(12)17)19-9-6-16-4-7-18-8-5-16/h2-3,10-11H,4-9H2,1H3. The molecule has 0 unspecified atom stereocenters. The van der Waals surface area contributed by atoms with Crippen LogP contribution in [0.15, 0.2) is 24.5 Å². The Hall–Kier alpha value is -1.59. The van der Waals surface area contributed by atoms with Crippen molar-refractivity contribution in [3.8, 4) is 5.75 Å². The summed E-state index contributed by atoms with van der Waals surface area (Å²) in [5.74, 6) is 0.865. The van der Waals surface area contributed by atoms with Crippen LogP contribution in [0.4, 0.5) is 0 Å². The molecule has 3 rings (SSSR count). The zero-order valence-electron chi connectivity index (χ0n) is 11.2. The van der Waals surface area contributed by atoms with Crippen LogP contribution < -0.4 is 4.74 Å². The van der Waals surface area contributed by atoms with E-state index in [1.54, 1.807) is 0 Å². The summed E-state index contributed by atoms with van der Waals surface area (Å²) in [7, 11) is 0. The van der Waals surface area contributed by atoms with Gasteiger partial charge in [0.2, 0.25) is 0 Å². The average molecular weight is 261 g/mol. The van der Waals surface area contributed by atoms with E-state index in [9.17, 15) is 0 Å². The fraction of sp³-hybridized carbons (Fsp3) is 0.500. The summed E-state index contributed by atoms with van der Waals surface area (Å²) in [6, 6.07) is 4.05. The van der Waals surface area contributed by atoms with Crippen molar-refractivity contribution in [3.05, 3.63) is 30.1 Å². The SMILES string of the molecule is Cc1cnn2cc(OCCN3CCOCC3)ccc12. The van der Waals surface area contributed by atoms with E-state index in [1.165, 1.54) is 5.56 Å². The van der Waals surface area contributed by atoms with Gasteiger partial charge >= 0.3 is 0 Å². The van der Waals surface area contributed by atoms with Crippen molar-refractivity contribution in [1.82, 2.24) is 14.5 Å². The van der Waals surface area contributed by atoms with E-state index < -0.39 is 0 Å². The monoisotopic (exact) mass is 261 g/mol. The lowest BCUT2D eigenvalue weighted by molar-refractivity contribution is 0.0322. The van der Waals surface area contributed by atoms with E-state index in [0.717, 1.165) is 44.1 Å². The molecule has 2 aromatic rings. The zero-order chi connectivity index (χ0) is 13.1. The molecule has 0 N–H and O–H groups in total. The molecule has 1 saturated heterocycles. The summed E-state index contributed by atoms with van der Waals surface area (Å²) in [6.07, 6.45) is 3.80. The molecule has 5 heteroatoms. The van der Waals surface area contributed by atoms with Crippen LogP contribution in [0.25, 0.3) is 5.52 Å². The summed E-state index contributed by atoms with van der Waals surface area (Å²) < 4.78 is 13.0. The predicted molar refractivity (Wildman–Crippen MR) is 72.7 cm³/mol. The van der Waals surface area contributed by atoms with Gasteiger partial charge in [0.1, 0.15) is 12.4 Å². The van der Waals surface area contributed by atoms with Crippen LogP contribution in [-0.4, -0.2) is 54.0 Å². The van der Waals surface area contributed by atoms with Gasteiger partial charge in [-0.25, -0.2) is 4.52 Å². The van der Waals surface area contributed by atoms with Crippen LogP contribution in [0.3, 0.4) is 0 Å². The first-order chi connectivity index (χ1) is 9.33. The van der Waals surface area contributed by atoms with E-state index in [1.807, 2.05) is 29.0 Å². The van der Waals surface area contributed by atoms with Gasteiger partial charge in [-0.3, -0.25) is 4.90 Å². The number of morpholine rings is 1. The lowest BCUT2D eigenvalue weighted by Gasteiger charge is -2.26. The van der Waals surface area contributed by atoms with Gasteiger partial charge in [-0.2, -0.15) is 5.10 Å². The zero-order valence-corrected chi connectivity index (χ0v) is 11.2. The Balaban J connectivity index is 1.56. The maximum atomic E-state index is 5.78. The molecule has 0 aliphatic carbocycles. The summed E-state index contributed by atoms with van der Waals surface area (Å²) in [6.45, 7) is 7.37. The van der Waals surface area contributed by atoms with Gasteiger partial charge in [0.15, 0.2) is 0 Å². The van der Waals surface area contributed by atoms with Gasteiger partial charge in [-0.1, -0.05) is 0 Å². The maximum Gasteiger partial charge on any atom is 0.137 e. The number of pyridine rings is 1. The third-order valence-electron chi connectivity index (χ3n) is 3.46. The van der Waals surface area contributed by atoms with Crippen LogP contribution in [0, 0.1) is 6.92 Å². The number of aromatic nitrogens is 2. The van der Waals surface area contributed by atoms with E-state index in [4.69, 9.17) is 9.47 Å². The van der Waals surface area contributed by atoms with Crippen molar-refractivity contribution in [2.75, 3.05) is 39.5 Å². The fourth-order valence-electron chi connectivity index (χ4n) is 2.30. The van der Waals surface area contributed by atoms with Crippen LogP contribution in [0.2, 0.25) is 0 Å². The van der Waals surface area contributed by atoms with Gasteiger partial charge in [0, 0.05) is 19.6 Å². The minimum atomic E-state index is 0.700. The first-order valence-electron chi connectivity index (χ1n) is 6.70. The normalized spacial score (nSPS) is 16.9. The largest absolute Gasteiger partial charge is 0.491 e. The molecule has 1 aliphatic heterocycles. The molecular weight excluding hydrogens is 242 g/mol. The van der Waals surface area contributed by atoms with E-state index in [0.29, 0.717) is 6.61 Å². The molecule has 1 aliphatic rings. The van der Waals surface area contributed by atoms with Crippen molar-refractivity contribution in [2.24, 2.45) is 0 Å². The second kappa shape index (κ2) is 5.59. The number of nitrogens with zero attached hydrogens (tertiary/aromatic N) is 3. The van der Waals surface area contributed by atoms with E-state index in [-0.39, 0.29) is 0 Å². The average Bonchev–Trinajstić information content (AvgIpc) is 2.81. The second-order valence-corrected chi connectivity index (χ2v) is 4.82. The summed E-state index contributed by atoms with van der Waals surface area (Å²) in [5, 5.41) is 4.29. The van der Waals surface area contributed by atoms with Crippen molar-refractivity contribution < 1.29 is 9.47 Å². The van der Waals surface area contributed by atoms with Crippen LogP contribution in [0.1, 0.15) is 5.56 Å². The molecule has 0 saturated carbocycles. The molecule has 0 bridgehead atoms. The number of rotatable bonds is 4. The number of hydrogen-bond donors (Lipinski definition) is 0. The first-order valence-corrected chi connectivity index (χ1v) is 6.70. The fourth-order valence-corrected chi connectivity index (χ4v) is 2.30. The molecule has 19 heavy (non-hydrogen) atoms. The number of fused-ring (bicyclic) bond motifs is 1. The lowest BCUT2D eigenvalue weighted by Crippen LogP contribution is -2.38. The van der Waals surface area contributed by atoms with Crippen molar-refractivity contribution in [3.63, 3.8) is 0 Å². The Morgan fingerprint density at radius 1 is 1.32 bits per heavy atom. The molecule has 0 spiro atoms. The van der Waals surface area contributed by atoms with Crippen molar-refractivity contribution in [1.29, 1.82) is 0 Å². The van der Waals surface area contributed by atoms with Crippen LogP contribution in [-0.2, 0) is 4.74 Å². The minimum Gasteiger partial charge on any atom is -0.491 e. The molecule has 3 heterocycles. The van der Waals surface area contributed by atoms with E-state index in [2.05, 4.69) is 16.9 Å². The predicted octanol–water partition coefficient (Wildman–Crippen LogP) is 1.35. The summed E-state index contributed by atoms with van der Waals surface area (Å²) >= 11 is 0. The maximum absolute atomic E-state index is 5.78. The van der Waals surface area contributed by atoms with Gasteiger partial charge in [0.25, 0.3) is 0 Å². The van der Waals surface area contributed by atoms with Gasteiger partial charge in [-0.05, 0) is 24.6 Å². The molecule has 0 amide bonds. The van der Waals surface area contributed by atoms with E-state index >= 15 is 0 Å². The topological polar surface area (TPSA) is 39.0 Å². The van der Waals surface area contributed by atoms with Crippen LogP contribution in [0.5, 0.6) is 5.75 Å². The number of aryl methyl sites for hydroxylation is 1. The molecule has 1 fully saturated rings. The van der Waals surface area contributed by atoms with Crippen molar-refractivity contribution >= 4 is 5.52 Å². The van der Waals surface area contributed by atoms with Gasteiger partial charge in [-0.15, -0.1) is 0 Å². The number of ether oxygens (including phenoxy) is 2. The molecule has 0 atom stereocenters. The quantitative estimate of drug-likeness (QED) is 0.833. The summed E-state index contributed by atoms with van der Waals surface area (Å²) in [4.78, 5) is 2.36. The molecule has 2 aromatic heterocycles. The van der Waals surface area contributed by atoms with Gasteiger partial charge < -0.3 is 9.47 Å². The third kappa shape index (κ3) is 2.88. The molecule has 102 valence electrons. The first kappa shape index (κ1) is 12.4. The molecule has 0 radical (unpaired) electrons. The van der Waals surface area contributed by atoms with Crippen LogP contribution >= 0.6 is 0 Å². The highest BCUT2D eigenvalue weighted by Gasteiger charge is 2.09. The highest BCUT2D eigenvalue weighted by molar-refractivity contribution is 5.54. The van der Waals surface area contributed by atoms with Gasteiger partial charge in [0.05, 0.1) is 31.1 Å². The van der Waals surface area contributed by atoms with Crippen molar-refractivity contribution in [2.45, 2.75) is 6.92 Å².